The van der Waals surface area contributed by atoms with Crippen LogP contribution >= 0.6 is 11.3 Å². The van der Waals surface area contributed by atoms with Crippen molar-refractivity contribution in [2.75, 3.05) is 13.2 Å². The smallest absolute Gasteiger partial charge is 0.325 e. The number of hydrogen-bond donors (Lipinski definition) is 1. The summed E-state index contributed by atoms with van der Waals surface area (Å²) in [5.74, 6) is -0.843. The summed E-state index contributed by atoms with van der Waals surface area (Å²) < 4.78 is 6.11. The van der Waals surface area contributed by atoms with E-state index in [0.717, 1.165) is 0 Å². The van der Waals surface area contributed by atoms with E-state index in [1.807, 2.05) is 0 Å². The molecule has 0 aliphatic carbocycles. The second-order valence-electron chi connectivity index (χ2n) is 3.38. The number of thiophene rings is 1. The zero-order valence-electron chi connectivity index (χ0n) is 10.1. The molecule has 0 fully saturated rings. The molecule has 1 amide bonds. The van der Waals surface area contributed by atoms with Gasteiger partial charge in [-0.05, 0) is 28.8 Å². The van der Waals surface area contributed by atoms with E-state index in [4.69, 9.17) is 4.74 Å². The van der Waals surface area contributed by atoms with Gasteiger partial charge in [-0.2, -0.15) is 4.68 Å². The lowest BCUT2D eigenvalue weighted by molar-refractivity contribution is -0.141. The molecular weight excluding hydrogens is 270 g/mol. The standard InChI is InChI=1S/C10H11N5O3S/c1-2-18-8(16)5-11-10(17)9-7(3-4-19-9)15-6-12-13-14-15/h3-4,6H,2,5H2,1H3,(H,11,17). The average molecular weight is 281 g/mol. The van der Waals surface area contributed by atoms with Gasteiger partial charge < -0.3 is 10.1 Å². The van der Waals surface area contributed by atoms with Gasteiger partial charge in [0.1, 0.15) is 17.7 Å². The van der Waals surface area contributed by atoms with Crippen LogP contribution in [-0.4, -0.2) is 45.2 Å². The van der Waals surface area contributed by atoms with Gasteiger partial charge in [-0.3, -0.25) is 9.59 Å². The predicted molar refractivity (Wildman–Crippen MR) is 66.0 cm³/mol. The SMILES string of the molecule is CCOC(=O)CNC(=O)c1sccc1-n1cnnn1. The highest BCUT2D eigenvalue weighted by molar-refractivity contribution is 7.12. The molecule has 100 valence electrons. The number of ether oxygens (including phenoxy) is 1. The highest BCUT2D eigenvalue weighted by atomic mass is 32.1. The first kappa shape index (κ1) is 13.1. The summed E-state index contributed by atoms with van der Waals surface area (Å²) in [5.41, 5.74) is 0.566. The van der Waals surface area contributed by atoms with Crippen LogP contribution in [0.5, 0.6) is 0 Å². The van der Waals surface area contributed by atoms with Crippen molar-refractivity contribution in [1.29, 1.82) is 0 Å². The number of aromatic nitrogens is 4. The first-order valence-corrected chi connectivity index (χ1v) is 6.35. The predicted octanol–water partition coefficient (Wildman–Crippen LogP) is 0.0167. The Morgan fingerprint density at radius 1 is 1.53 bits per heavy atom. The molecule has 2 heterocycles. The van der Waals surface area contributed by atoms with Crippen molar-refractivity contribution in [3.05, 3.63) is 22.7 Å². The third kappa shape index (κ3) is 3.13. The van der Waals surface area contributed by atoms with Gasteiger partial charge in [-0.1, -0.05) is 0 Å². The van der Waals surface area contributed by atoms with Crippen molar-refractivity contribution in [3.8, 4) is 5.69 Å². The summed E-state index contributed by atoms with van der Waals surface area (Å²) in [6, 6.07) is 1.72. The second-order valence-corrected chi connectivity index (χ2v) is 4.29. The summed E-state index contributed by atoms with van der Waals surface area (Å²) in [5, 5.41) is 15.0. The fraction of sp³-hybridized carbons (Fsp3) is 0.300. The molecule has 0 aliphatic heterocycles. The molecular formula is C10H11N5O3S. The van der Waals surface area contributed by atoms with Crippen LogP contribution in [0.3, 0.4) is 0 Å². The first-order chi connectivity index (χ1) is 9.22. The summed E-state index contributed by atoms with van der Waals surface area (Å²) >= 11 is 1.24. The highest BCUT2D eigenvalue weighted by Crippen LogP contribution is 2.19. The van der Waals surface area contributed by atoms with Gasteiger partial charge in [0, 0.05) is 0 Å². The fourth-order valence-corrected chi connectivity index (χ4v) is 2.16. The molecule has 0 unspecified atom stereocenters. The third-order valence-electron chi connectivity index (χ3n) is 2.15. The van der Waals surface area contributed by atoms with Crippen molar-refractivity contribution >= 4 is 23.2 Å². The number of amides is 1. The zero-order chi connectivity index (χ0) is 13.7. The van der Waals surface area contributed by atoms with Crippen LogP contribution in [0.1, 0.15) is 16.6 Å². The topological polar surface area (TPSA) is 99.0 Å². The number of esters is 1. The summed E-state index contributed by atoms with van der Waals surface area (Å²) in [7, 11) is 0. The van der Waals surface area contributed by atoms with Gasteiger partial charge in [0.2, 0.25) is 0 Å². The molecule has 0 saturated heterocycles. The van der Waals surface area contributed by atoms with Crippen LogP contribution in [0.25, 0.3) is 5.69 Å². The van der Waals surface area contributed by atoms with Gasteiger partial charge >= 0.3 is 5.97 Å². The normalized spacial score (nSPS) is 10.2. The lowest BCUT2D eigenvalue weighted by Crippen LogP contribution is -2.30. The fourth-order valence-electron chi connectivity index (χ4n) is 1.37. The minimum absolute atomic E-state index is 0.167. The molecule has 0 radical (unpaired) electrons. The average Bonchev–Trinajstić information content (AvgIpc) is 3.05. The largest absolute Gasteiger partial charge is 0.465 e. The third-order valence-corrected chi connectivity index (χ3v) is 3.05. The monoisotopic (exact) mass is 281 g/mol. The molecule has 2 rings (SSSR count). The summed E-state index contributed by atoms with van der Waals surface area (Å²) in [4.78, 5) is 23.5. The Kier molecular flexibility index (Phi) is 4.18. The van der Waals surface area contributed by atoms with Crippen molar-refractivity contribution < 1.29 is 14.3 Å². The van der Waals surface area contributed by atoms with E-state index in [1.165, 1.54) is 22.3 Å². The highest BCUT2D eigenvalue weighted by Gasteiger charge is 2.16. The van der Waals surface area contributed by atoms with Crippen molar-refractivity contribution in [3.63, 3.8) is 0 Å². The Balaban J connectivity index is 2.04. The first-order valence-electron chi connectivity index (χ1n) is 5.47. The minimum Gasteiger partial charge on any atom is -0.465 e. The van der Waals surface area contributed by atoms with Crippen molar-refractivity contribution in [1.82, 2.24) is 25.5 Å². The van der Waals surface area contributed by atoms with Crippen LogP contribution in [0.2, 0.25) is 0 Å². The molecule has 2 aromatic rings. The molecule has 0 spiro atoms. The molecule has 19 heavy (non-hydrogen) atoms. The van der Waals surface area contributed by atoms with E-state index in [1.54, 1.807) is 18.4 Å². The number of carbonyl (C=O) groups is 2. The lowest BCUT2D eigenvalue weighted by atomic mass is 10.3. The number of tetrazole rings is 1. The van der Waals surface area contributed by atoms with Crippen LogP contribution in [0, 0.1) is 0 Å². The molecule has 0 atom stereocenters. The van der Waals surface area contributed by atoms with Gasteiger partial charge in [0.05, 0.1) is 12.3 Å². The molecule has 8 nitrogen and oxygen atoms in total. The van der Waals surface area contributed by atoms with E-state index in [2.05, 4.69) is 20.8 Å². The van der Waals surface area contributed by atoms with Crippen molar-refractivity contribution in [2.45, 2.75) is 6.92 Å². The maximum atomic E-state index is 11.9. The van der Waals surface area contributed by atoms with Crippen LogP contribution in [0.15, 0.2) is 17.8 Å². The Morgan fingerprint density at radius 3 is 3.05 bits per heavy atom. The Morgan fingerprint density at radius 2 is 2.37 bits per heavy atom. The molecule has 0 aromatic carbocycles. The van der Waals surface area contributed by atoms with E-state index in [-0.39, 0.29) is 19.1 Å². The Hall–Kier alpha value is -2.29. The quantitative estimate of drug-likeness (QED) is 0.775. The summed E-state index contributed by atoms with van der Waals surface area (Å²) in [6.07, 6.45) is 1.39. The molecule has 0 aliphatic rings. The zero-order valence-corrected chi connectivity index (χ0v) is 10.9. The maximum absolute atomic E-state index is 11.9. The summed E-state index contributed by atoms with van der Waals surface area (Å²) in [6.45, 7) is 1.82. The number of hydrogen-bond acceptors (Lipinski definition) is 7. The molecule has 0 bridgehead atoms. The van der Waals surface area contributed by atoms with E-state index in [9.17, 15) is 9.59 Å². The number of carbonyl (C=O) groups excluding carboxylic acids is 2. The van der Waals surface area contributed by atoms with E-state index >= 15 is 0 Å². The van der Waals surface area contributed by atoms with Gasteiger partial charge in [-0.15, -0.1) is 16.4 Å². The molecule has 9 heteroatoms. The molecule has 2 aromatic heterocycles. The van der Waals surface area contributed by atoms with E-state index < -0.39 is 5.97 Å². The van der Waals surface area contributed by atoms with Crippen LogP contribution in [0.4, 0.5) is 0 Å². The van der Waals surface area contributed by atoms with Gasteiger partial charge in [-0.25, -0.2) is 0 Å². The number of rotatable bonds is 5. The van der Waals surface area contributed by atoms with Gasteiger partial charge in [0.15, 0.2) is 0 Å². The Labute approximate surface area is 112 Å². The molecule has 0 saturated carbocycles. The number of nitrogens with one attached hydrogen (secondary N) is 1. The maximum Gasteiger partial charge on any atom is 0.325 e. The molecule has 1 N–H and O–H groups in total. The second kappa shape index (κ2) is 6.05. The van der Waals surface area contributed by atoms with Gasteiger partial charge in [0.25, 0.3) is 5.91 Å². The minimum atomic E-state index is -0.476. The van der Waals surface area contributed by atoms with Crippen LogP contribution < -0.4 is 5.32 Å². The number of nitrogens with zero attached hydrogens (tertiary/aromatic N) is 4. The van der Waals surface area contributed by atoms with Crippen molar-refractivity contribution in [2.24, 2.45) is 0 Å². The van der Waals surface area contributed by atoms with E-state index in [0.29, 0.717) is 10.6 Å². The Bertz CT molecular complexity index is 565. The lowest BCUT2D eigenvalue weighted by Gasteiger charge is -2.05. The van der Waals surface area contributed by atoms with Crippen LogP contribution in [-0.2, 0) is 9.53 Å².